The summed E-state index contributed by atoms with van der Waals surface area (Å²) in [6, 6.07) is 5.95. The molecule has 3 aromatic heterocycles. The smallest absolute Gasteiger partial charge is 0.160 e. The zero-order valence-corrected chi connectivity index (χ0v) is 15.2. The summed E-state index contributed by atoms with van der Waals surface area (Å²) in [5, 5.41) is 13.0. The molecule has 0 saturated heterocycles. The summed E-state index contributed by atoms with van der Waals surface area (Å²) in [6.07, 6.45) is 7.76. The Morgan fingerprint density at radius 2 is 1.96 bits per heavy atom. The average Bonchev–Trinajstić information content (AvgIpc) is 3.35. The summed E-state index contributed by atoms with van der Waals surface area (Å²) in [4.78, 5) is 7.49. The van der Waals surface area contributed by atoms with Crippen molar-refractivity contribution in [3.63, 3.8) is 0 Å². The van der Waals surface area contributed by atoms with Crippen molar-refractivity contribution < 1.29 is 8.78 Å². The Morgan fingerprint density at radius 1 is 1.11 bits per heavy atom. The molecule has 8 heteroatoms. The molecular formula is C20H20F2N6. The number of aromatic nitrogens is 5. The van der Waals surface area contributed by atoms with Gasteiger partial charge in [-0.2, -0.15) is 0 Å². The first kappa shape index (κ1) is 17.1. The summed E-state index contributed by atoms with van der Waals surface area (Å²) >= 11 is 0. The summed E-state index contributed by atoms with van der Waals surface area (Å²) in [5.74, 6) is -0.769. The van der Waals surface area contributed by atoms with Crippen LogP contribution in [0.1, 0.15) is 37.3 Å². The molecule has 0 atom stereocenters. The minimum Gasteiger partial charge on any atom is -0.385 e. The molecule has 2 N–H and O–H groups in total. The van der Waals surface area contributed by atoms with Crippen LogP contribution >= 0.6 is 0 Å². The molecule has 4 aromatic rings. The standard InChI is InChI=1S/C20H20F2N6/c21-16-6-5-14(9-17(16)22)24-10-12-1-3-13(4-2-12)18-19-15-7-8-23-20(15)25-11-28(19)27-26-18/h5-9,11-13,23-24H,1-4,10H2. The topological polar surface area (TPSA) is 70.9 Å². The first-order chi connectivity index (χ1) is 13.7. The fraction of sp³-hybridized carbons (Fsp3) is 0.350. The van der Waals surface area contributed by atoms with E-state index in [0.717, 1.165) is 60.5 Å². The minimum absolute atomic E-state index is 0.373. The van der Waals surface area contributed by atoms with Gasteiger partial charge in [-0.3, -0.25) is 0 Å². The molecule has 6 nitrogen and oxygen atoms in total. The summed E-state index contributed by atoms with van der Waals surface area (Å²) in [7, 11) is 0. The van der Waals surface area contributed by atoms with Gasteiger partial charge >= 0.3 is 0 Å². The maximum atomic E-state index is 13.3. The maximum Gasteiger partial charge on any atom is 0.160 e. The van der Waals surface area contributed by atoms with Gasteiger partial charge in [0.15, 0.2) is 11.6 Å². The Hall–Kier alpha value is -3.03. The van der Waals surface area contributed by atoms with Gasteiger partial charge in [0.2, 0.25) is 0 Å². The van der Waals surface area contributed by atoms with Gasteiger partial charge in [0, 0.05) is 29.7 Å². The van der Waals surface area contributed by atoms with Crippen molar-refractivity contribution in [2.45, 2.75) is 31.6 Å². The summed E-state index contributed by atoms with van der Waals surface area (Å²) < 4.78 is 28.1. The third kappa shape index (κ3) is 2.98. The van der Waals surface area contributed by atoms with E-state index >= 15 is 0 Å². The van der Waals surface area contributed by atoms with Crippen molar-refractivity contribution in [3.05, 3.63) is 54.1 Å². The fourth-order valence-corrected chi connectivity index (χ4v) is 4.20. The van der Waals surface area contributed by atoms with Gasteiger partial charge in [-0.1, -0.05) is 5.21 Å². The maximum absolute atomic E-state index is 13.3. The molecule has 0 aliphatic heterocycles. The number of aromatic amines is 1. The summed E-state index contributed by atoms with van der Waals surface area (Å²) in [5.41, 5.74) is 3.54. The molecule has 144 valence electrons. The molecule has 1 fully saturated rings. The van der Waals surface area contributed by atoms with Gasteiger partial charge in [0.25, 0.3) is 0 Å². The van der Waals surface area contributed by atoms with Crippen LogP contribution in [0.5, 0.6) is 0 Å². The van der Waals surface area contributed by atoms with E-state index < -0.39 is 11.6 Å². The van der Waals surface area contributed by atoms with Crippen molar-refractivity contribution in [1.29, 1.82) is 0 Å². The van der Waals surface area contributed by atoms with Crippen molar-refractivity contribution in [3.8, 4) is 0 Å². The lowest BCUT2D eigenvalue weighted by molar-refractivity contribution is 0.336. The fourth-order valence-electron chi connectivity index (χ4n) is 4.20. The highest BCUT2D eigenvalue weighted by Crippen LogP contribution is 2.37. The molecule has 0 amide bonds. The number of rotatable bonds is 4. The van der Waals surface area contributed by atoms with Gasteiger partial charge in [-0.05, 0) is 55.9 Å². The molecule has 1 aliphatic carbocycles. The van der Waals surface area contributed by atoms with Crippen LogP contribution in [0.4, 0.5) is 14.5 Å². The third-order valence-electron chi connectivity index (χ3n) is 5.74. The van der Waals surface area contributed by atoms with Crippen LogP contribution < -0.4 is 5.32 Å². The Labute approximate surface area is 160 Å². The number of nitrogens with one attached hydrogen (secondary N) is 2. The lowest BCUT2D eigenvalue weighted by Gasteiger charge is -2.28. The normalized spacial score (nSPS) is 20.1. The first-order valence-corrected chi connectivity index (χ1v) is 9.55. The van der Waals surface area contributed by atoms with E-state index in [9.17, 15) is 8.78 Å². The van der Waals surface area contributed by atoms with Gasteiger partial charge < -0.3 is 10.3 Å². The number of H-pyrrole nitrogens is 1. The van der Waals surface area contributed by atoms with Crippen molar-refractivity contribution in [1.82, 2.24) is 24.8 Å². The van der Waals surface area contributed by atoms with Gasteiger partial charge in [0.05, 0.1) is 5.69 Å². The zero-order valence-electron chi connectivity index (χ0n) is 15.2. The second-order valence-electron chi connectivity index (χ2n) is 7.48. The number of halogens is 2. The highest BCUT2D eigenvalue weighted by molar-refractivity contribution is 5.92. The molecule has 0 unspecified atom stereocenters. The predicted octanol–water partition coefficient (Wildman–Crippen LogP) is 4.27. The van der Waals surface area contributed by atoms with Crippen LogP contribution in [0.25, 0.3) is 16.6 Å². The molecule has 0 bridgehead atoms. The van der Waals surface area contributed by atoms with Gasteiger partial charge in [-0.25, -0.2) is 18.3 Å². The van der Waals surface area contributed by atoms with E-state index in [-0.39, 0.29) is 0 Å². The third-order valence-corrected chi connectivity index (χ3v) is 5.74. The van der Waals surface area contributed by atoms with Gasteiger partial charge in [0.1, 0.15) is 17.5 Å². The van der Waals surface area contributed by atoms with Crippen LogP contribution in [-0.2, 0) is 0 Å². The molecule has 3 heterocycles. The van der Waals surface area contributed by atoms with E-state index in [4.69, 9.17) is 0 Å². The van der Waals surface area contributed by atoms with Crippen molar-refractivity contribution >= 4 is 22.2 Å². The van der Waals surface area contributed by atoms with E-state index in [1.54, 1.807) is 16.9 Å². The van der Waals surface area contributed by atoms with E-state index in [1.165, 1.54) is 6.07 Å². The lowest BCUT2D eigenvalue weighted by atomic mass is 9.80. The molecule has 0 radical (unpaired) electrons. The molecule has 0 spiro atoms. The highest BCUT2D eigenvalue weighted by atomic mass is 19.2. The Balaban J connectivity index is 1.26. The van der Waals surface area contributed by atoms with E-state index in [0.29, 0.717) is 17.5 Å². The molecule has 1 aromatic carbocycles. The molecule has 28 heavy (non-hydrogen) atoms. The highest BCUT2D eigenvalue weighted by Gasteiger charge is 2.26. The molecular weight excluding hydrogens is 362 g/mol. The molecule has 1 saturated carbocycles. The number of hydrogen-bond acceptors (Lipinski definition) is 4. The second-order valence-corrected chi connectivity index (χ2v) is 7.48. The minimum atomic E-state index is -0.821. The predicted molar refractivity (Wildman–Crippen MR) is 102 cm³/mol. The first-order valence-electron chi connectivity index (χ1n) is 9.55. The SMILES string of the molecule is Fc1ccc(NCC2CCC(c3nnn4cnc5[nH]ccc5c34)CC2)cc1F. The van der Waals surface area contributed by atoms with Crippen molar-refractivity contribution in [2.75, 3.05) is 11.9 Å². The lowest BCUT2D eigenvalue weighted by Crippen LogP contribution is -2.21. The zero-order chi connectivity index (χ0) is 19.1. The van der Waals surface area contributed by atoms with Crippen LogP contribution in [0.15, 0.2) is 36.8 Å². The Kier molecular flexibility index (Phi) is 4.18. The summed E-state index contributed by atoms with van der Waals surface area (Å²) in [6.45, 7) is 0.756. The second kappa shape index (κ2) is 6.85. The van der Waals surface area contributed by atoms with Crippen LogP contribution in [0, 0.1) is 17.6 Å². The molecule has 1 aliphatic rings. The number of fused-ring (bicyclic) bond motifs is 3. The van der Waals surface area contributed by atoms with Crippen LogP contribution in [-0.4, -0.2) is 31.3 Å². The number of hydrogen-bond donors (Lipinski definition) is 2. The van der Waals surface area contributed by atoms with E-state index in [2.05, 4.69) is 25.6 Å². The quantitative estimate of drug-likeness (QED) is 0.553. The van der Waals surface area contributed by atoms with E-state index in [1.807, 2.05) is 12.3 Å². The van der Waals surface area contributed by atoms with Crippen LogP contribution in [0.3, 0.4) is 0 Å². The van der Waals surface area contributed by atoms with Gasteiger partial charge in [-0.15, -0.1) is 5.10 Å². The monoisotopic (exact) mass is 382 g/mol. The Bertz CT molecular complexity index is 1130. The Morgan fingerprint density at radius 3 is 2.79 bits per heavy atom. The van der Waals surface area contributed by atoms with Crippen molar-refractivity contribution in [2.24, 2.45) is 5.92 Å². The number of nitrogens with zero attached hydrogens (tertiary/aromatic N) is 4. The number of benzene rings is 1. The van der Waals surface area contributed by atoms with Crippen LogP contribution in [0.2, 0.25) is 0 Å². The largest absolute Gasteiger partial charge is 0.385 e. The molecule has 5 rings (SSSR count). The average molecular weight is 382 g/mol. The number of anilines is 1.